The first-order valence-electron chi connectivity index (χ1n) is 5.49. The van der Waals surface area contributed by atoms with Crippen LogP contribution in [0.2, 0.25) is 0 Å². The molecule has 0 aliphatic heterocycles. The highest BCUT2D eigenvalue weighted by molar-refractivity contribution is 6.05. The van der Waals surface area contributed by atoms with Gasteiger partial charge in [0.2, 0.25) is 0 Å². The van der Waals surface area contributed by atoms with Crippen molar-refractivity contribution in [1.29, 1.82) is 0 Å². The van der Waals surface area contributed by atoms with E-state index in [0.717, 1.165) is 0 Å². The van der Waals surface area contributed by atoms with Crippen LogP contribution in [0.25, 0.3) is 0 Å². The third-order valence-corrected chi connectivity index (χ3v) is 2.54. The van der Waals surface area contributed by atoms with Gasteiger partial charge in [0, 0.05) is 0 Å². The van der Waals surface area contributed by atoms with E-state index in [4.69, 9.17) is 10.5 Å². The van der Waals surface area contributed by atoms with Crippen molar-refractivity contribution < 1.29 is 14.3 Å². The van der Waals surface area contributed by atoms with E-state index >= 15 is 0 Å². The number of hydrogen-bond acceptors (Lipinski definition) is 3. The smallest absolute Gasteiger partial charge is 0.319 e. The average molecular weight is 234 g/mol. The fourth-order valence-electron chi connectivity index (χ4n) is 1.45. The van der Waals surface area contributed by atoms with Crippen LogP contribution in [0.5, 0.6) is 5.75 Å². The zero-order valence-electron chi connectivity index (χ0n) is 9.31. The van der Waals surface area contributed by atoms with E-state index in [-0.39, 0.29) is 0 Å². The van der Waals surface area contributed by atoms with Gasteiger partial charge in [0.25, 0.3) is 5.91 Å². The van der Waals surface area contributed by atoms with Gasteiger partial charge >= 0.3 is 6.03 Å². The van der Waals surface area contributed by atoms with Crippen molar-refractivity contribution >= 4 is 11.9 Å². The molecule has 1 aromatic rings. The molecule has 0 heterocycles. The summed E-state index contributed by atoms with van der Waals surface area (Å²) < 4.78 is 5.55. The first-order chi connectivity index (χ1) is 8.16. The molecule has 1 aliphatic rings. The summed E-state index contributed by atoms with van der Waals surface area (Å²) in [6, 6.07) is 5.93. The minimum atomic E-state index is -0.869. The number of amides is 3. The second-order valence-corrected chi connectivity index (χ2v) is 4.07. The third kappa shape index (κ3) is 3.21. The molecular weight excluding hydrogens is 220 g/mol. The van der Waals surface area contributed by atoms with Crippen LogP contribution < -0.4 is 15.8 Å². The Morgan fingerprint density at radius 2 is 2.06 bits per heavy atom. The number of carbonyl (C=O) groups is 2. The van der Waals surface area contributed by atoms with Crippen molar-refractivity contribution in [2.24, 2.45) is 11.7 Å². The molecule has 0 radical (unpaired) electrons. The largest absolute Gasteiger partial charge is 0.492 e. The summed E-state index contributed by atoms with van der Waals surface area (Å²) in [5.74, 6) is 0.546. The number of urea groups is 1. The van der Waals surface area contributed by atoms with Gasteiger partial charge in [-0.05, 0) is 30.9 Å². The Morgan fingerprint density at radius 1 is 1.35 bits per heavy atom. The van der Waals surface area contributed by atoms with E-state index in [2.05, 4.69) is 0 Å². The van der Waals surface area contributed by atoms with Crippen molar-refractivity contribution in [1.82, 2.24) is 5.32 Å². The van der Waals surface area contributed by atoms with Crippen molar-refractivity contribution in [2.75, 3.05) is 6.61 Å². The maximum absolute atomic E-state index is 11.6. The molecule has 3 amide bonds. The molecule has 0 saturated heterocycles. The lowest BCUT2D eigenvalue weighted by molar-refractivity contribution is 0.0962. The lowest BCUT2D eigenvalue weighted by Gasteiger charge is -2.09. The van der Waals surface area contributed by atoms with Gasteiger partial charge < -0.3 is 10.5 Å². The van der Waals surface area contributed by atoms with Crippen molar-refractivity contribution in [2.45, 2.75) is 12.8 Å². The SMILES string of the molecule is NC(=O)NC(=O)c1ccccc1OCC1CC1. The Morgan fingerprint density at radius 3 is 2.71 bits per heavy atom. The van der Waals surface area contributed by atoms with Gasteiger partial charge in [-0.15, -0.1) is 0 Å². The molecule has 0 bridgehead atoms. The zero-order valence-corrected chi connectivity index (χ0v) is 9.31. The van der Waals surface area contributed by atoms with Gasteiger partial charge in [0.15, 0.2) is 0 Å². The normalized spacial score (nSPS) is 14.1. The van der Waals surface area contributed by atoms with Gasteiger partial charge in [-0.1, -0.05) is 12.1 Å². The molecule has 0 aromatic heterocycles. The van der Waals surface area contributed by atoms with Gasteiger partial charge in [-0.25, -0.2) is 4.79 Å². The van der Waals surface area contributed by atoms with E-state index in [1.54, 1.807) is 24.3 Å². The first kappa shape index (κ1) is 11.4. The Bertz CT molecular complexity index is 441. The van der Waals surface area contributed by atoms with Crippen LogP contribution in [-0.2, 0) is 0 Å². The number of para-hydroxylation sites is 1. The van der Waals surface area contributed by atoms with Crippen molar-refractivity contribution in [3.8, 4) is 5.75 Å². The van der Waals surface area contributed by atoms with Crippen LogP contribution in [0.3, 0.4) is 0 Å². The van der Waals surface area contributed by atoms with Crippen molar-refractivity contribution in [3.63, 3.8) is 0 Å². The van der Waals surface area contributed by atoms with Crippen LogP contribution in [0, 0.1) is 5.92 Å². The molecule has 5 nitrogen and oxygen atoms in total. The number of benzene rings is 1. The molecule has 1 aromatic carbocycles. The molecule has 90 valence electrons. The molecule has 1 saturated carbocycles. The second-order valence-electron chi connectivity index (χ2n) is 4.07. The Labute approximate surface area is 98.9 Å². The predicted molar refractivity (Wildman–Crippen MR) is 61.7 cm³/mol. The van der Waals surface area contributed by atoms with E-state index in [0.29, 0.717) is 23.8 Å². The summed E-state index contributed by atoms with van der Waals surface area (Å²) in [5, 5.41) is 2.02. The molecule has 17 heavy (non-hydrogen) atoms. The monoisotopic (exact) mass is 234 g/mol. The van der Waals surface area contributed by atoms with Crippen LogP contribution in [-0.4, -0.2) is 18.5 Å². The Balaban J connectivity index is 2.08. The quantitative estimate of drug-likeness (QED) is 0.823. The van der Waals surface area contributed by atoms with Crippen LogP contribution >= 0.6 is 0 Å². The first-order valence-corrected chi connectivity index (χ1v) is 5.49. The van der Waals surface area contributed by atoms with Crippen LogP contribution in [0.4, 0.5) is 4.79 Å². The minimum absolute atomic E-state index is 0.326. The molecule has 0 atom stereocenters. The predicted octanol–water partition coefficient (Wildman–Crippen LogP) is 1.28. The summed E-state index contributed by atoms with van der Waals surface area (Å²) >= 11 is 0. The van der Waals surface area contributed by atoms with E-state index in [1.807, 2.05) is 5.32 Å². The van der Waals surface area contributed by atoms with E-state index < -0.39 is 11.9 Å². The van der Waals surface area contributed by atoms with Gasteiger partial charge in [-0.3, -0.25) is 10.1 Å². The average Bonchev–Trinajstić information content (AvgIpc) is 3.09. The number of imide groups is 1. The summed E-state index contributed by atoms with van der Waals surface area (Å²) in [6.45, 7) is 0.612. The summed E-state index contributed by atoms with van der Waals surface area (Å²) in [6.07, 6.45) is 2.35. The van der Waals surface area contributed by atoms with Crippen molar-refractivity contribution in [3.05, 3.63) is 29.8 Å². The fraction of sp³-hybridized carbons (Fsp3) is 0.333. The summed E-state index contributed by atoms with van der Waals surface area (Å²) in [5.41, 5.74) is 5.23. The van der Waals surface area contributed by atoms with Gasteiger partial charge in [-0.2, -0.15) is 0 Å². The lowest BCUT2D eigenvalue weighted by atomic mass is 10.2. The number of nitrogens with one attached hydrogen (secondary N) is 1. The minimum Gasteiger partial charge on any atom is -0.492 e. The van der Waals surface area contributed by atoms with Crippen LogP contribution in [0.15, 0.2) is 24.3 Å². The highest BCUT2D eigenvalue weighted by Gasteiger charge is 2.23. The second kappa shape index (κ2) is 4.86. The third-order valence-electron chi connectivity index (χ3n) is 2.54. The summed E-state index contributed by atoms with van der Waals surface area (Å²) in [4.78, 5) is 22.3. The highest BCUT2D eigenvalue weighted by atomic mass is 16.5. The summed E-state index contributed by atoms with van der Waals surface area (Å²) in [7, 11) is 0. The van der Waals surface area contributed by atoms with E-state index in [9.17, 15) is 9.59 Å². The van der Waals surface area contributed by atoms with E-state index in [1.165, 1.54) is 12.8 Å². The highest BCUT2D eigenvalue weighted by Crippen LogP contribution is 2.30. The maximum Gasteiger partial charge on any atom is 0.319 e. The molecule has 2 rings (SSSR count). The maximum atomic E-state index is 11.6. The number of hydrogen-bond donors (Lipinski definition) is 2. The topological polar surface area (TPSA) is 81.4 Å². The number of nitrogens with two attached hydrogens (primary N) is 1. The molecule has 3 N–H and O–H groups in total. The molecule has 0 unspecified atom stereocenters. The molecule has 0 spiro atoms. The lowest BCUT2D eigenvalue weighted by Crippen LogP contribution is -2.35. The van der Waals surface area contributed by atoms with Gasteiger partial charge in [0.1, 0.15) is 5.75 Å². The fourth-order valence-corrected chi connectivity index (χ4v) is 1.45. The molecular formula is C12H14N2O3. The number of ether oxygens (including phenoxy) is 1. The standard InChI is InChI=1S/C12H14N2O3/c13-12(16)14-11(15)9-3-1-2-4-10(9)17-7-8-5-6-8/h1-4,8H,5-7H2,(H3,13,14,15,16). The number of rotatable bonds is 4. The Kier molecular flexibility index (Phi) is 3.27. The van der Waals surface area contributed by atoms with Crippen LogP contribution in [0.1, 0.15) is 23.2 Å². The molecule has 1 fully saturated rings. The molecule has 5 heteroatoms. The zero-order chi connectivity index (χ0) is 12.3. The number of carbonyl (C=O) groups excluding carboxylic acids is 2. The molecule has 1 aliphatic carbocycles. The van der Waals surface area contributed by atoms with Gasteiger partial charge in [0.05, 0.1) is 12.2 Å². The Hall–Kier alpha value is -2.04. The number of primary amides is 1.